The van der Waals surface area contributed by atoms with E-state index in [0.29, 0.717) is 5.82 Å². The molecular formula is C11H15N3O3. The van der Waals surface area contributed by atoms with Gasteiger partial charge in [-0.2, -0.15) is 5.10 Å². The topological polar surface area (TPSA) is 84.2 Å². The molecule has 0 aliphatic heterocycles. The van der Waals surface area contributed by atoms with Gasteiger partial charge in [-0.05, 0) is 5.41 Å². The molecule has 6 nitrogen and oxygen atoms in total. The Labute approximate surface area is 98.6 Å². The van der Waals surface area contributed by atoms with Gasteiger partial charge in [-0.25, -0.2) is 0 Å². The smallest absolute Gasteiger partial charge is 0.307 e. The average Bonchev–Trinajstić information content (AvgIpc) is 2.54. The first-order chi connectivity index (χ1) is 7.84. The minimum Gasteiger partial charge on any atom is -0.481 e. The molecule has 0 aromatic carbocycles. The molecule has 0 bridgehead atoms. The van der Waals surface area contributed by atoms with Crippen molar-refractivity contribution in [1.82, 2.24) is 9.78 Å². The van der Waals surface area contributed by atoms with Crippen LogP contribution in [0.15, 0.2) is 12.3 Å². The summed E-state index contributed by atoms with van der Waals surface area (Å²) in [6.45, 7) is 3.57. The average molecular weight is 237 g/mol. The zero-order valence-electron chi connectivity index (χ0n) is 9.97. The monoisotopic (exact) mass is 237 g/mol. The van der Waals surface area contributed by atoms with Crippen LogP contribution in [0.2, 0.25) is 0 Å². The van der Waals surface area contributed by atoms with Gasteiger partial charge in [0.25, 0.3) is 0 Å². The van der Waals surface area contributed by atoms with E-state index in [9.17, 15) is 9.59 Å². The number of nitrogens with one attached hydrogen (secondary N) is 1. The van der Waals surface area contributed by atoms with Gasteiger partial charge >= 0.3 is 5.97 Å². The SMILES string of the molecule is Cn1ccc(NC(=O)[C@H]2[C@@H](C(=O)O)C2(C)C)n1. The third-order valence-electron chi connectivity index (χ3n) is 3.34. The summed E-state index contributed by atoms with van der Waals surface area (Å²) in [4.78, 5) is 22.8. The fourth-order valence-corrected chi connectivity index (χ4v) is 2.27. The summed E-state index contributed by atoms with van der Waals surface area (Å²) in [5.74, 6) is -1.84. The maximum Gasteiger partial charge on any atom is 0.307 e. The number of aromatic nitrogens is 2. The second-order valence-corrected chi connectivity index (χ2v) is 4.98. The van der Waals surface area contributed by atoms with Crippen molar-refractivity contribution in [3.05, 3.63) is 12.3 Å². The van der Waals surface area contributed by atoms with Crippen LogP contribution in [0.1, 0.15) is 13.8 Å². The summed E-state index contributed by atoms with van der Waals surface area (Å²) in [5.41, 5.74) is -0.481. The minimum absolute atomic E-state index is 0.277. The number of aliphatic carboxylic acids is 1. The van der Waals surface area contributed by atoms with Crippen LogP contribution < -0.4 is 5.32 Å². The molecule has 1 amide bonds. The Morgan fingerprint density at radius 2 is 2.12 bits per heavy atom. The first-order valence-electron chi connectivity index (χ1n) is 5.37. The first kappa shape index (κ1) is 11.6. The van der Waals surface area contributed by atoms with Gasteiger partial charge < -0.3 is 10.4 Å². The van der Waals surface area contributed by atoms with Gasteiger partial charge in [0.1, 0.15) is 0 Å². The molecule has 1 aliphatic rings. The Morgan fingerprint density at radius 3 is 2.53 bits per heavy atom. The van der Waals surface area contributed by atoms with Gasteiger partial charge in [0.2, 0.25) is 5.91 Å². The highest BCUT2D eigenvalue weighted by Gasteiger charge is 2.65. The Hall–Kier alpha value is -1.85. The maximum absolute atomic E-state index is 11.9. The van der Waals surface area contributed by atoms with E-state index in [2.05, 4.69) is 10.4 Å². The standard InChI is InChI=1S/C11H15N3O3/c1-11(2)7(8(11)10(16)17)9(15)12-6-4-5-14(3)13-6/h4-5,7-8H,1-3H3,(H,16,17)(H,12,13,15)/t7-,8+/m1/s1. The van der Waals surface area contributed by atoms with Crippen LogP contribution in [0.3, 0.4) is 0 Å². The van der Waals surface area contributed by atoms with Crippen molar-refractivity contribution in [3.8, 4) is 0 Å². The van der Waals surface area contributed by atoms with E-state index in [1.54, 1.807) is 37.8 Å². The van der Waals surface area contributed by atoms with Crippen LogP contribution >= 0.6 is 0 Å². The third kappa shape index (κ3) is 1.90. The van der Waals surface area contributed by atoms with E-state index in [0.717, 1.165) is 0 Å². The number of aryl methyl sites for hydroxylation is 1. The Morgan fingerprint density at radius 1 is 1.47 bits per heavy atom. The molecule has 2 atom stereocenters. The number of carboxylic acid groups (broad SMARTS) is 1. The van der Waals surface area contributed by atoms with Crippen molar-refractivity contribution < 1.29 is 14.7 Å². The summed E-state index contributed by atoms with van der Waals surface area (Å²) in [7, 11) is 1.75. The molecule has 1 aliphatic carbocycles. The van der Waals surface area contributed by atoms with Gasteiger partial charge in [0.15, 0.2) is 5.82 Å². The molecule has 0 radical (unpaired) electrons. The summed E-state index contributed by atoms with van der Waals surface area (Å²) in [5, 5.41) is 15.6. The summed E-state index contributed by atoms with van der Waals surface area (Å²) >= 11 is 0. The number of nitrogens with zero attached hydrogens (tertiary/aromatic N) is 2. The number of amides is 1. The number of carbonyl (C=O) groups is 2. The van der Waals surface area contributed by atoms with Crippen molar-refractivity contribution in [2.75, 3.05) is 5.32 Å². The fraction of sp³-hybridized carbons (Fsp3) is 0.545. The zero-order valence-corrected chi connectivity index (χ0v) is 9.97. The van der Waals surface area contributed by atoms with E-state index in [4.69, 9.17) is 5.11 Å². The van der Waals surface area contributed by atoms with Gasteiger partial charge in [-0.1, -0.05) is 13.8 Å². The Bertz CT molecular complexity index is 478. The molecule has 0 spiro atoms. The van der Waals surface area contributed by atoms with E-state index in [1.165, 1.54) is 0 Å². The van der Waals surface area contributed by atoms with Crippen LogP contribution in [-0.4, -0.2) is 26.8 Å². The van der Waals surface area contributed by atoms with Crippen molar-refractivity contribution >= 4 is 17.7 Å². The lowest BCUT2D eigenvalue weighted by atomic mass is 10.1. The fourth-order valence-electron chi connectivity index (χ4n) is 2.27. The molecular weight excluding hydrogens is 222 g/mol. The van der Waals surface area contributed by atoms with Crippen LogP contribution in [0.25, 0.3) is 0 Å². The number of hydrogen-bond donors (Lipinski definition) is 2. The lowest BCUT2D eigenvalue weighted by Gasteiger charge is -2.02. The van der Waals surface area contributed by atoms with Crippen molar-refractivity contribution in [2.24, 2.45) is 24.3 Å². The molecule has 1 aromatic heterocycles. The second-order valence-electron chi connectivity index (χ2n) is 4.98. The molecule has 2 rings (SSSR count). The van der Waals surface area contributed by atoms with Gasteiger partial charge in [-0.15, -0.1) is 0 Å². The Balaban J connectivity index is 2.05. The van der Waals surface area contributed by atoms with Crippen LogP contribution in [0.4, 0.5) is 5.82 Å². The minimum atomic E-state index is -0.920. The van der Waals surface area contributed by atoms with Crippen molar-refractivity contribution in [1.29, 1.82) is 0 Å². The molecule has 0 unspecified atom stereocenters. The van der Waals surface area contributed by atoms with E-state index in [1.807, 2.05) is 0 Å². The highest BCUT2D eigenvalue weighted by molar-refractivity contribution is 5.99. The highest BCUT2D eigenvalue weighted by Crippen LogP contribution is 2.58. The van der Waals surface area contributed by atoms with Crippen LogP contribution in [0, 0.1) is 17.3 Å². The predicted molar refractivity (Wildman–Crippen MR) is 60.2 cm³/mol. The van der Waals surface area contributed by atoms with Gasteiger partial charge in [0.05, 0.1) is 11.8 Å². The Kier molecular flexibility index (Phi) is 2.45. The molecule has 92 valence electrons. The molecule has 17 heavy (non-hydrogen) atoms. The number of carbonyl (C=O) groups excluding carboxylic acids is 1. The summed E-state index contributed by atoms with van der Waals surface area (Å²) < 4.78 is 1.57. The van der Waals surface area contributed by atoms with Gasteiger partial charge in [0, 0.05) is 19.3 Å². The molecule has 1 saturated carbocycles. The molecule has 1 fully saturated rings. The normalized spacial score (nSPS) is 25.4. The predicted octanol–water partition coefficient (Wildman–Crippen LogP) is 0.715. The quantitative estimate of drug-likeness (QED) is 0.811. The second kappa shape index (κ2) is 3.58. The lowest BCUT2D eigenvalue weighted by Crippen LogP contribution is -2.18. The maximum atomic E-state index is 11.9. The van der Waals surface area contributed by atoms with Crippen molar-refractivity contribution in [3.63, 3.8) is 0 Å². The van der Waals surface area contributed by atoms with E-state index in [-0.39, 0.29) is 5.91 Å². The molecule has 0 saturated heterocycles. The van der Waals surface area contributed by atoms with E-state index >= 15 is 0 Å². The lowest BCUT2D eigenvalue weighted by molar-refractivity contribution is -0.140. The molecule has 2 N–H and O–H groups in total. The summed E-state index contributed by atoms with van der Waals surface area (Å²) in [6, 6.07) is 1.67. The van der Waals surface area contributed by atoms with Crippen LogP contribution in [-0.2, 0) is 16.6 Å². The summed E-state index contributed by atoms with van der Waals surface area (Å²) in [6.07, 6.45) is 1.71. The number of carboxylic acids is 1. The van der Waals surface area contributed by atoms with Gasteiger partial charge in [-0.3, -0.25) is 14.3 Å². The zero-order chi connectivity index (χ0) is 12.8. The largest absolute Gasteiger partial charge is 0.481 e. The van der Waals surface area contributed by atoms with E-state index < -0.39 is 23.2 Å². The molecule has 1 aromatic rings. The first-order valence-corrected chi connectivity index (χ1v) is 5.37. The number of hydrogen-bond acceptors (Lipinski definition) is 3. The highest BCUT2D eigenvalue weighted by atomic mass is 16.4. The molecule has 1 heterocycles. The number of anilines is 1. The third-order valence-corrected chi connectivity index (χ3v) is 3.34. The van der Waals surface area contributed by atoms with Crippen LogP contribution in [0.5, 0.6) is 0 Å². The van der Waals surface area contributed by atoms with Crippen molar-refractivity contribution in [2.45, 2.75) is 13.8 Å². The molecule has 6 heteroatoms. The number of rotatable bonds is 3.